The highest BCUT2D eigenvalue weighted by Gasteiger charge is 2.43. The van der Waals surface area contributed by atoms with Gasteiger partial charge in [-0.15, -0.1) is 0 Å². The lowest BCUT2D eigenvalue weighted by atomic mass is 9.71. The Kier molecular flexibility index (Phi) is 61.9. The molecule has 3 aromatic rings. The van der Waals surface area contributed by atoms with Gasteiger partial charge in [-0.25, -0.2) is 0 Å². The van der Waals surface area contributed by atoms with E-state index in [4.69, 9.17) is 114 Å². The van der Waals surface area contributed by atoms with E-state index < -0.39 is 0 Å². The van der Waals surface area contributed by atoms with Crippen LogP contribution < -0.4 is 10.6 Å². The van der Waals surface area contributed by atoms with Crippen LogP contribution >= 0.6 is 0 Å². The second-order valence-electron chi connectivity index (χ2n) is 29.2. The largest absolute Gasteiger partial charge is 0.382 e. The SMILES string of the molecule is C=C1C=CC(=O)N1CC1CCC(C(=O)NCCNC(=O)CCCc2ccc(-c3ccc4c(c3)C(CCCOCCOCCOCCOCCOCCOCCOCCOCCOCCOCCOCCOC)(CCCOCCOCCOCCOCCOCCOCCOCCOCCOCCOCCOCCOC)c3cc(C)ccc3-4)cc2)CC1. The number of allylic oxidation sites excluding steroid dienone is 1. The first-order valence-corrected chi connectivity index (χ1v) is 44.0. The number of carbonyl (C=O) groups is 3. The number of carbonyl (C=O) groups excluding carboxylic acids is 3. The minimum atomic E-state index is -0.287. The van der Waals surface area contributed by atoms with E-state index in [0.29, 0.717) is 342 Å². The lowest BCUT2D eigenvalue weighted by molar-refractivity contribution is -0.127. The lowest BCUT2D eigenvalue weighted by Crippen LogP contribution is -2.39. The van der Waals surface area contributed by atoms with Crippen molar-refractivity contribution < 1.29 is 128 Å². The molecular formula is C91H147N3O27. The van der Waals surface area contributed by atoms with Crippen LogP contribution in [-0.4, -0.2) is 360 Å². The Morgan fingerprint density at radius 1 is 0.372 bits per heavy atom. The van der Waals surface area contributed by atoms with Gasteiger partial charge in [0, 0.05) is 76.6 Å². The molecule has 2 N–H and O–H groups in total. The van der Waals surface area contributed by atoms with Gasteiger partial charge in [0.15, 0.2) is 0 Å². The normalized spacial score (nSPS) is 14.9. The summed E-state index contributed by atoms with van der Waals surface area (Å²) in [5.74, 6) is 0.299. The fourth-order valence-electron chi connectivity index (χ4n) is 13.8. The van der Waals surface area contributed by atoms with Crippen molar-refractivity contribution in [2.24, 2.45) is 11.8 Å². The van der Waals surface area contributed by atoms with Crippen LogP contribution in [0.3, 0.4) is 0 Å². The fourth-order valence-corrected chi connectivity index (χ4v) is 13.8. The quantitative estimate of drug-likeness (QED) is 0.0501. The Bertz CT molecular complexity index is 3000. The molecule has 121 heavy (non-hydrogen) atoms. The number of amides is 3. The predicted molar refractivity (Wildman–Crippen MR) is 457 cm³/mol. The molecular weight excluding hydrogens is 1570 g/mol. The zero-order valence-corrected chi connectivity index (χ0v) is 73.2. The third-order valence-electron chi connectivity index (χ3n) is 20.2. The van der Waals surface area contributed by atoms with E-state index in [0.717, 1.165) is 74.6 Å². The Hall–Kier alpha value is -5.41. The summed E-state index contributed by atoms with van der Waals surface area (Å²) in [6, 6.07) is 22.6. The average molecular weight is 1720 g/mol. The first-order chi connectivity index (χ1) is 59.7. The molecule has 0 radical (unpaired) electrons. The van der Waals surface area contributed by atoms with E-state index in [1.807, 2.05) is 0 Å². The molecule has 1 heterocycles. The zero-order valence-electron chi connectivity index (χ0n) is 73.2. The van der Waals surface area contributed by atoms with Crippen LogP contribution in [0.25, 0.3) is 22.3 Å². The van der Waals surface area contributed by atoms with Gasteiger partial charge in [-0.3, -0.25) is 14.4 Å². The maximum atomic E-state index is 13.0. The van der Waals surface area contributed by atoms with E-state index in [9.17, 15) is 14.4 Å². The van der Waals surface area contributed by atoms with Crippen molar-refractivity contribution in [3.05, 3.63) is 107 Å². The fraction of sp³-hybridized carbons (Fsp3) is 0.725. The highest BCUT2D eigenvalue weighted by Crippen LogP contribution is 2.55. The standard InChI is InChI=1S/C91H147N3O27/c1-77-10-21-84-85-22-20-83(81-16-12-79(13-17-81)8-5-9-88(95)92-26-27-93-90(97)82-18-14-80(15-19-82)76-94-78(2)11-23-89(94)96)75-87(85)91(86(84)74-77,24-6-28-100-34-36-104-42-44-108-50-52-112-58-60-116-66-68-120-72-70-118-64-62-114-56-54-110-48-46-106-40-38-102-32-30-98-3)25-7-29-101-35-37-105-43-45-109-51-53-113-59-61-117-67-69-121-73-71-119-65-63-115-57-55-111-49-47-107-41-39-103-33-31-99-4/h10-13,16-17,20-23,74-75,80,82H,2,5-9,14-15,18-19,24-73,76H2,1,3-4H3,(H,92,95)(H,93,97). The Morgan fingerprint density at radius 3 is 1.02 bits per heavy atom. The number of methoxy groups -OCH3 is 2. The van der Waals surface area contributed by atoms with Crippen molar-refractivity contribution in [2.75, 3.05) is 338 Å². The molecule has 0 spiro atoms. The topological polar surface area (TPSA) is 300 Å². The summed E-state index contributed by atoms with van der Waals surface area (Å²) in [5, 5.41) is 6.02. The number of hydrogen-bond donors (Lipinski definition) is 2. The van der Waals surface area contributed by atoms with Crippen LogP contribution in [-0.2, 0) is 140 Å². The molecule has 3 aliphatic rings. The van der Waals surface area contributed by atoms with Crippen molar-refractivity contribution in [1.82, 2.24) is 15.5 Å². The van der Waals surface area contributed by atoms with E-state index >= 15 is 0 Å². The number of nitrogens with zero attached hydrogens (tertiary/aromatic N) is 1. The minimum Gasteiger partial charge on any atom is -0.382 e. The van der Waals surface area contributed by atoms with Gasteiger partial charge >= 0.3 is 0 Å². The second kappa shape index (κ2) is 71.7. The number of rotatable bonds is 85. The van der Waals surface area contributed by atoms with Gasteiger partial charge in [0.05, 0.1) is 291 Å². The number of hydrogen-bond acceptors (Lipinski definition) is 27. The molecule has 1 aliphatic heterocycles. The van der Waals surface area contributed by atoms with Crippen LogP contribution in [0.15, 0.2) is 85.1 Å². The summed E-state index contributed by atoms with van der Waals surface area (Å²) in [6.07, 6.45) is 12.0. The van der Waals surface area contributed by atoms with Crippen LogP contribution in [0.5, 0.6) is 0 Å². The Labute approximate surface area is 720 Å². The number of nitrogens with one attached hydrogen (secondary N) is 2. The summed E-state index contributed by atoms with van der Waals surface area (Å²) in [4.78, 5) is 39.8. The molecule has 0 unspecified atom stereocenters. The molecule has 688 valence electrons. The van der Waals surface area contributed by atoms with Gasteiger partial charge in [-0.2, -0.15) is 0 Å². The zero-order chi connectivity index (χ0) is 85.5. The highest BCUT2D eigenvalue weighted by molar-refractivity contribution is 5.93. The van der Waals surface area contributed by atoms with Crippen LogP contribution in [0, 0.1) is 18.8 Å². The van der Waals surface area contributed by atoms with Crippen molar-refractivity contribution in [3.8, 4) is 22.3 Å². The van der Waals surface area contributed by atoms with Gasteiger partial charge in [-0.1, -0.05) is 66.7 Å². The van der Waals surface area contributed by atoms with Crippen molar-refractivity contribution in [1.29, 1.82) is 0 Å². The third-order valence-corrected chi connectivity index (χ3v) is 20.2. The van der Waals surface area contributed by atoms with Gasteiger partial charge in [0.25, 0.3) is 5.91 Å². The molecule has 2 aliphatic carbocycles. The molecule has 0 aromatic heterocycles. The predicted octanol–water partition coefficient (Wildman–Crippen LogP) is 8.42. The molecule has 1 fully saturated rings. The van der Waals surface area contributed by atoms with Gasteiger partial charge in [0.2, 0.25) is 11.8 Å². The van der Waals surface area contributed by atoms with Crippen molar-refractivity contribution >= 4 is 17.7 Å². The summed E-state index contributed by atoms with van der Waals surface area (Å²) in [7, 11) is 3.29. The van der Waals surface area contributed by atoms with Crippen LogP contribution in [0.4, 0.5) is 0 Å². The maximum absolute atomic E-state index is 13.0. The van der Waals surface area contributed by atoms with E-state index in [1.54, 1.807) is 31.3 Å². The molecule has 3 amide bonds. The molecule has 1 saturated carbocycles. The molecule has 0 bridgehead atoms. The molecule has 0 atom stereocenters. The molecule has 0 saturated heterocycles. The summed E-state index contributed by atoms with van der Waals surface area (Å²) in [5.41, 5.74) is 10.3. The smallest absolute Gasteiger partial charge is 0.251 e. The first kappa shape index (κ1) is 104. The summed E-state index contributed by atoms with van der Waals surface area (Å²) >= 11 is 0. The number of ether oxygens (including phenoxy) is 24. The van der Waals surface area contributed by atoms with Gasteiger partial charge in [0.1, 0.15) is 0 Å². The molecule has 6 rings (SSSR count). The number of aryl methyl sites for hydroxylation is 2. The minimum absolute atomic E-state index is 0.0168. The lowest BCUT2D eigenvalue weighted by Gasteiger charge is -2.33. The van der Waals surface area contributed by atoms with E-state index in [-0.39, 0.29) is 29.1 Å². The van der Waals surface area contributed by atoms with E-state index in [2.05, 4.69) is 84.8 Å². The summed E-state index contributed by atoms with van der Waals surface area (Å²) in [6.45, 7) is 30.4. The highest BCUT2D eigenvalue weighted by atomic mass is 16.6. The molecule has 3 aromatic carbocycles. The second-order valence-corrected chi connectivity index (χ2v) is 29.2. The van der Waals surface area contributed by atoms with Gasteiger partial charge < -0.3 is 129 Å². The monoisotopic (exact) mass is 1710 g/mol. The number of benzene rings is 3. The Morgan fingerprint density at radius 2 is 0.686 bits per heavy atom. The van der Waals surface area contributed by atoms with Crippen LogP contribution in [0.1, 0.15) is 86.5 Å². The van der Waals surface area contributed by atoms with Crippen molar-refractivity contribution in [3.63, 3.8) is 0 Å². The Balaban J connectivity index is 0.815. The van der Waals surface area contributed by atoms with Crippen molar-refractivity contribution in [2.45, 2.75) is 83.0 Å². The van der Waals surface area contributed by atoms with E-state index in [1.165, 1.54) is 33.4 Å². The maximum Gasteiger partial charge on any atom is 0.251 e. The third kappa shape index (κ3) is 48.8. The molecule has 30 nitrogen and oxygen atoms in total. The molecule has 30 heteroatoms. The van der Waals surface area contributed by atoms with Gasteiger partial charge in [-0.05, 0) is 128 Å². The first-order valence-electron chi connectivity index (χ1n) is 44.0. The number of fused-ring (bicyclic) bond motifs is 3. The average Bonchev–Trinajstić information content (AvgIpc) is 1.56. The van der Waals surface area contributed by atoms with Crippen LogP contribution in [0.2, 0.25) is 0 Å². The summed E-state index contributed by atoms with van der Waals surface area (Å²) < 4.78 is 134.